The Balaban J connectivity index is 1.48. The molecule has 4 aromatic carbocycles. The third-order valence-corrected chi connectivity index (χ3v) is 6.39. The standard InChI is InChI=1S/C26H19BrCl2N2O3/c1-33-24-12-16(14-30-31-26(32)18-9-10-22(28)23(29)13-18)11-21(27)25(24)34-15-19-7-4-6-17-5-2-3-8-20(17)19/h2-14H,15H2,1H3,(H,31,32)/b30-14-. The summed E-state index contributed by atoms with van der Waals surface area (Å²) in [6, 6.07) is 22.5. The monoisotopic (exact) mass is 556 g/mol. The Kier molecular flexibility index (Phi) is 7.73. The molecule has 0 bridgehead atoms. The van der Waals surface area contributed by atoms with Crippen molar-refractivity contribution in [3.05, 3.63) is 104 Å². The Hall–Kier alpha value is -3.06. The molecule has 0 spiro atoms. The molecule has 0 heterocycles. The van der Waals surface area contributed by atoms with Crippen LogP contribution < -0.4 is 14.9 Å². The maximum absolute atomic E-state index is 12.3. The highest BCUT2D eigenvalue weighted by Crippen LogP contribution is 2.37. The molecular formula is C26H19BrCl2N2O3. The van der Waals surface area contributed by atoms with Gasteiger partial charge in [-0.1, -0.05) is 65.7 Å². The van der Waals surface area contributed by atoms with Crippen LogP contribution in [-0.4, -0.2) is 19.2 Å². The molecule has 0 radical (unpaired) electrons. The Morgan fingerprint density at radius 1 is 1.03 bits per heavy atom. The van der Waals surface area contributed by atoms with E-state index in [1.165, 1.54) is 12.3 Å². The van der Waals surface area contributed by atoms with Crippen LogP contribution in [0.3, 0.4) is 0 Å². The summed E-state index contributed by atoms with van der Waals surface area (Å²) in [4.78, 5) is 12.3. The zero-order valence-corrected chi connectivity index (χ0v) is 21.1. The molecule has 4 aromatic rings. The van der Waals surface area contributed by atoms with E-state index in [0.717, 1.165) is 16.3 Å². The van der Waals surface area contributed by atoms with Gasteiger partial charge in [0, 0.05) is 5.56 Å². The van der Waals surface area contributed by atoms with Crippen LogP contribution in [0.25, 0.3) is 10.8 Å². The van der Waals surface area contributed by atoms with Crippen molar-refractivity contribution in [2.75, 3.05) is 7.11 Å². The molecule has 0 unspecified atom stereocenters. The van der Waals surface area contributed by atoms with Crippen molar-refractivity contribution in [3.63, 3.8) is 0 Å². The summed E-state index contributed by atoms with van der Waals surface area (Å²) >= 11 is 15.4. The lowest BCUT2D eigenvalue weighted by atomic mass is 10.1. The summed E-state index contributed by atoms with van der Waals surface area (Å²) in [5, 5.41) is 7.00. The van der Waals surface area contributed by atoms with Gasteiger partial charge in [0.05, 0.1) is 27.8 Å². The van der Waals surface area contributed by atoms with Crippen LogP contribution in [0.1, 0.15) is 21.5 Å². The van der Waals surface area contributed by atoms with Gasteiger partial charge in [0.1, 0.15) is 6.61 Å². The number of carbonyl (C=O) groups is 1. The summed E-state index contributed by atoms with van der Waals surface area (Å²) in [6.07, 6.45) is 1.51. The fraction of sp³-hybridized carbons (Fsp3) is 0.0769. The Bertz CT molecular complexity index is 1390. The molecule has 0 aromatic heterocycles. The molecule has 0 atom stereocenters. The summed E-state index contributed by atoms with van der Waals surface area (Å²) < 4.78 is 12.4. The molecule has 0 aliphatic carbocycles. The fourth-order valence-corrected chi connectivity index (χ4v) is 4.26. The predicted octanol–water partition coefficient (Wildman–Crippen LogP) is 7.26. The molecule has 1 amide bonds. The molecule has 4 rings (SSSR count). The Labute approximate surface area is 215 Å². The number of nitrogens with zero attached hydrogens (tertiary/aromatic N) is 1. The minimum atomic E-state index is -0.407. The third-order valence-electron chi connectivity index (χ3n) is 5.07. The van der Waals surface area contributed by atoms with E-state index in [2.05, 4.69) is 44.7 Å². The van der Waals surface area contributed by atoms with E-state index in [1.54, 1.807) is 25.3 Å². The van der Waals surface area contributed by atoms with E-state index in [0.29, 0.717) is 43.8 Å². The number of amides is 1. The molecule has 0 fully saturated rings. The average molecular weight is 558 g/mol. The lowest BCUT2D eigenvalue weighted by molar-refractivity contribution is 0.0955. The van der Waals surface area contributed by atoms with Crippen LogP contribution in [0.4, 0.5) is 0 Å². The Morgan fingerprint density at radius 3 is 2.62 bits per heavy atom. The summed E-state index contributed by atoms with van der Waals surface area (Å²) in [7, 11) is 1.57. The van der Waals surface area contributed by atoms with Crippen molar-refractivity contribution < 1.29 is 14.3 Å². The second-order valence-electron chi connectivity index (χ2n) is 7.29. The molecule has 5 nitrogen and oxygen atoms in total. The normalized spacial score (nSPS) is 11.1. The van der Waals surface area contributed by atoms with E-state index in [1.807, 2.05) is 30.3 Å². The predicted molar refractivity (Wildman–Crippen MR) is 140 cm³/mol. The van der Waals surface area contributed by atoms with E-state index in [9.17, 15) is 4.79 Å². The number of rotatable bonds is 7. The topological polar surface area (TPSA) is 59.9 Å². The van der Waals surface area contributed by atoms with Crippen molar-refractivity contribution in [1.82, 2.24) is 5.43 Å². The van der Waals surface area contributed by atoms with Gasteiger partial charge in [0.25, 0.3) is 5.91 Å². The number of nitrogens with one attached hydrogen (secondary N) is 1. The number of hydrogen-bond acceptors (Lipinski definition) is 4. The van der Waals surface area contributed by atoms with Crippen LogP contribution in [0.5, 0.6) is 11.5 Å². The summed E-state index contributed by atoms with van der Waals surface area (Å²) in [6.45, 7) is 0.378. The average Bonchev–Trinajstić information content (AvgIpc) is 2.84. The van der Waals surface area contributed by atoms with Gasteiger partial charge in [0.2, 0.25) is 0 Å². The molecule has 34 heavy (non-hydrogen) atoms. The Morgan fingerprint density at radius 2 is 1.82 bits per heavy atom. The lowest BCUT2D eigenvalue weighted by Crippen LogP contribution is -2.17. The van der Waals surface area contributed by atoms with Gasteiger partial charge >= 0.3 is 0 Å². The minimum Gasteiger partial charge on any atom is -0.493 e. The SMILES string of the molecule is COc1cc(/C=N\NC(=O)c2ccc(Cl)c(Cl)c2)cc(Br)c1OCc1cccc2ccccc12. The zero-order chi connectivity index (χ0) is 24.1. The van der Waals surface area contributed by atoms with Gasteiger partial charge in [-0.25, -0.2) is 5.43 Å². The number of hydrazone groups is 1. The number of carbonyl (C=O) groups excluding carboxylic acids is 1. The number of hydrogen-bond donors (Lipinski definition) is 1. The van der Waals surface area contributed by atoms with Crippen LogP contribution in [0.15, 0.2) is 82.4 Å². The number of fused-ring (bicyclic) bond motifs is 1. The largest absolute Gasteiger partial charge is 0.493 e. The van der Waals surface area contributed by atoms with Crippen LogP contribution in [0.2, 0.25) is 10.0 Å². The van der Waals surface area contributed by atoms with Crippen LogP contribution >= 0.6 is 39.1 Å². The summed E-state index contributed by atoms with van der Waals surface area (Å²) in [5.74, 6) is 0.704. The van der Waals surface area contributed by atoms with Crippen molar-refractivity contribution in [2.24, 2.45) is 5.10 Å². The second-order valence-corrected chi connectivity index (χ2v) is 8.96. The molecule has 0 saturated carbocycles. The molecule has 8 heteroatoms. The molecular weight excluding hydrogens is 539 g/mol. The van der Waals surface area contributed by atoms with E-state index < -0.39 is 5.91 Å². The first-order valence-corrected chi connectivity index (χ1v) is 11.8. The van der Waals surface area contributed by atoms with Gasteiger partial charge in [-0.3, -0.25) is 4.79 Å². The van der Waals surface area contributed by atoms with Gasteiger partial charge in [-0.15, -0.1) is 0 Å². The first-order valence-electron chi connectivity index (χ1n) is 10.2. The molecule has 0 aliphatic rings. The van der Waals surface area contributed by atoms with Crippen molar-refractivity contribution >= 4 is 62.0 Å². The highest BCUT2D eigenvalue weighted by molar-refractivity contribution is 9.10. The number of benzene rings is 4. The first kappa shape index (κ1) is 24.1. The van der Waals surface area contributed by atoms with Crippen molar-refractivity contribution in [2.45, 2.75) is 6.61 Å². The smallest absolute Gasteiger partial charge is 0.271 e. The van der Waals surface area contributed by atoms with E-state index in [4.69, 9.17) is 32.7 Å². The number of methoxy groups -OCH3 is 1. The molecule has 0 saturated heterocycles. The highest BCUT2D eigenvalue weighted by atomic mass is 79.9. The van der Waals surface area contributed by atoms with Gasteiger partial charge in [-0.2, -0.15) is 5.10 Å². The van der Waals surface area contributed by atoms with Crippen molar-refractivity contribution in [3.8, 4) is 11.5 Å². The van der Waals surface area contributed by atoms with E-state index >= 15 is 0 Å². The maximum Gasteiger partial charge on any atom is 0.271 e. The van der Waals surface area contributed by atoms with E-state index in [-0.39, 0.29) is 0 Å². The van der Waals surface area contributed by atoms with Crippen LogP contribution in [-0.2, 0) is 6.61 Å². The molecule has 1 N–H and O–H groups in total. The van der Waals surface area contributed by atoms with Gasteiger partial charge in [0.15, 0.2) is 11.5 Å². The van der Waals surface area contributed by atoms with Gasteiger partial charge in [-0.05, 0) is 68.2 Å². The van der Waals surface area contributed by atoms with Gasteiger partial charge < -0.3 is 9.47 Å². The minimum absolute atomic E-state index is 0.297. The second kappa shape index (κ2) is 10.9. The number of ether oxygens (including phenoxy) is 2. The summed E-state index contributed by atoms with van der Waals surface area (Å²) in [5.41, 5.74) is 4.60. The maximum atomic E-state index is 12.3. The van der Waals surface area contributed by atoms with Crippen molar-refractivity contribution in [1.29, 1.82) is 0 Å². The third kappa shape index (κ3) is 5.53. The first-order chi connectivity index (χ1) is 16.5. The highest BCUT2D eigenvalue weighted by Gasteiger charge is 2.13. The fourth-order valence-electron chi connectivity index (χ4n) is 3.39. The number of halogens is 3. The molecule has 0 aliphatic heterocycles. The quantitative estimate of drug-likeness (QED) is 0.192. The van der Waals surface area contributed by atoms with Crippen LogP contribution in [0, 0.1) is 0 Å². The molecule has 172 valence electrons. The zero-order valence-electron chi connectivity index (χ0n) is 18.0. The lowest BCUT2D eigenvalue weighted by Gasteiger charge is -2.14.